The number of halogens is 1. The minimum Gasteiger partial charge on any atom is -0.497 e. The quantitative estimate of drug-likeness (QED) is 0.589. The predicted molar refractivity (Wildman–Crippen MR) is 117 cm³/mol. The summed E-state index contributed by atoms with van der Waals surface area (Å²) >= 11 is 0. The summed E-state index contributed by atoms with van der Waals surface area (Å²) < 4.78 is 23.9. The van der Waals surface area contributed by atoms with E-state index in [1.54, 1.807) is 7.11 Å². The first kappa shape index (κ1) is 24.2. The largest absolute Gasteiger partial charge is 0.497 e. The Morgan fingerprint density at radius 3 is 2.42 bits per heavy atom. The third kappa shape index (κ3) is 7.59. The minimum absolute atomic E-state index is 0.200. The van der Waals surface area contributed by atoms with E-state index in [9.17, 15) is 14.0 Å². The van der Waals surface area contributed by atoms with Crippen molar-refractivity contribution in [1.82, 2.24) is 10.2 Å². The van der Waals surface area contributed by atoms with Gasteiger partial charge in [0, 0.05) is 13.1 Å². The fourth-order valence-electron chi connectivity index (χ4n) is 3.07. The normalized spacial score (nSPS) is 11.7. The van der Waals surface area contributed by atoms with Crippen molar-refractivity contribution in [2.75, 3.05) is 20.3 Å². The Morgan fingerprint density at radius 1 is 1.10 bits per heavy atom. The predicted octanol–water partition coefficient (Wildman–Crippen LogP) is 3.79. The maximum absolute atomic E-state index is 13.1. The summed E-state index contributed by atoms with van der Waals surface area (Å²) in [5, 5.41) is 2.92. The Labute approximate surface area is 183 Å². The Hall–Kier alpha value is -3.09. The first-order chi connectivity index (χ1) is 14.8. The van der Waals surface area contributed by atoms with Crippen molar-refractivity contribution in [3.63, 3.8) is 0 Å². The average Bonchev–Trinajstić information content (AvgIpc) is 2.77. The van der Waals surface area contributed by atoms with E-state index >= 15 is 0 Å². The second kappa shape index (κ2) is 11.9. The zero-order valence-corrected chi connectivity index (χ0v) is 18.6. The third-order valence-corrected chi connectivity index (χ3v) is 4.73. The highest BCUT2D eigenvalue weighted by molar-refractivity contribution is 5.88. The molecule has 31 heavy (non-hydrogen) atoms. The van der Waals surface area contributed by atoms with E-state index in [1.807, 2.05) is 45.0 Å². The highest BCUT2D eigenvalue weighted by Gasteiger charge is 2.29. The van der Waals surface area contributed by atoms with Gasteiger partial charge in [0.05, 0.1) is 7.11 Å². The van der Waals surface area contributed by atoms with Gasteiger partial charge < -0.3 is 19.7 Å². The van der Waals surface area contributed by atoms with Crippen molar-refractivity contribution in [2.24, 2.45) is 5.92 Å². The number of carbonyl (C=O) groups excluding carboxylic acids is 2. The van der Waals surface area contributed by atoms with Crippen LogP contribution in [0.4, 0.5) is 4.39 Å². The molecule has 0 saturated heterocycles. The lowest BCUT2D eigenvalue weighted by Gasteiger charge is -2.31. The van der Waals surface area contributed by atoms with Crippen molar-refractivity contribution in [3.05, 3.63) is 59.9 Å². The van der Waals surface area contributed by atoms with E-state index < -0.39 is 6.04 Å². The molecular weight excluding hydrogens is 399 g/mol. The molecule has 0 radical (unpaired) electrons. The maximum Gasteiger partial charge on any atom is 0.261 e. The van der Waals surface area contributed by atoms with Gasteiger partial charge >= 0.3 is 0 Å². The number of carbonyl (C=O) groups is 2. The molecule has 0 fully saturated rings. The Kier molecular flexibility index (Phi) is 9.31. The molecular formula is C24H31FN2O4. The van der Waals surface area contributed by atoms with E-state index in [2.05, 4.69) is 5.32 Å². The van der Waals surface area contributed by atoms with Crippen LogP contribution in [0.15, 0.2) is 48.5 Å². The Balaban J connectivity index is 2.20. The summed E-state index contributed by atoms with van der Waals surface area (Å²) in [6, 6.07) is 12.2. The van der Waals surface area contributed by atoms with Gasteiger partial charge in [0.15, 0.2) is 6.61 Å². The number of benzene rings is 2. The van der Waals surface area contributed by atoms with Crippen molar-refractivity contribution in [1.29, 1.82) is 0 Å². The van der Waals surface area contributed by atoms with Crippen LogP contribution >= 0.6 is 0 Å². The van der Waals surface area contributed by atoms with Crippen LogP contribution in [0.5, 0.6) is 11.5 Å². The lowest BCUT2D eigenvalue weighted by Crippen LogP contribution is -2.50. The monoisotopic (exact) mass is 430 g/mol. The Morgan fingerprint density at radius 2 is 1.81 bits per heavy atom. The van der Waals surface area contributed by atoms with Gasteiger partial charge in [-0.25, -0.2) is 4.39 Å². The van der Waals surface area contributed by atoms with E-state index in [4.69, 9.17) is 9.47 Å². The highest BCUT2D eigenvalue weighted by atomic mass is 19.1. The topological polar surface area (TPSA) is 67.9 Å². The molecule has 0 heterocycles. The minimum atomic E-state index is -0.644. The number of rotatable bonds is 11. The molecule has 0 spiro atoms. The zero-order valence-electron chi connectivity index (χ0n) is 18.6. The van der Waals surface area contributed by atoms with Crippen LogP contribution in [-0.2, 0) is 16.1 Å². The van der Waals surface area contributed by atoms with Crippen LogP contribution in [0, 0.1) is 11.7 Å². The molecule has 0 aliphatic carbocycles. The summed E-state index contributed by atoms with van der Waals surface area (Å²) in [5.74, 6) is 0.433. The molecule has 7 heteroatoms. The van der Waals surface area contributed by atoms with E-state index in [-0.39, 0.29) is 30.8 Å². The number of hydrogen-bond donors (Lipinski definition) is 1. The molecule has 2 rings (SSSR count). The molecule has 0 aliphatic heterocycles. The van der Waals surface area contributed by atoms with Gasteiger partial charge in [-0.15, -0.1) is 0 Å². The van der Waals surface area contributed by atoms with Crippen LogP contribution in [0.1, 0.15) is 32.8 Å². The summed E-state index contributed by atoms with van der Waals surface area (Å²) in [6.07, 6.45) is 0.455. The third-order valence-electron chi connectivity index (χ3n) is 4.73. The standard InChI is InChI=1S/C24H31FN2O4/c1-5-22(24(29)26-14-17(2)3)27(15-18-7-6-8-21(13-18)30-4)23(28)16-31-20-11-9-19(25)10-12-20/h6-13,17,22H,5,14-16H2,1-4H3,(H,26,29)/t22-/m0/s1. The number of amides is 2. The van der Waals surface area contributed by atoms with Gasteiger partial charge in [-0.2, -0.15) is 0 Å². The maximum atomic E-state index is 13.1. The Bertz CT molecular complexity index is 855. The molecule has 1 atom stereocenters. The first-order valence-electron chi connectivity index (χ1n) is 10.4. The van der Waals surface area contributed by atoms with E-state index in [1.165, 1.54) is 29.2 Å². The summed E-state index contributed by atoms with van der Waals surface area (Å²) in [4.78, 5) is 27.5. The van der Waals surface area contributed by atoms with E-state index in [0.717, 1.165) is 5.56 Å². The SMILES string of the molecule is CC[C@@H](C(=O)NCC(C)C)N(Cc1cccc(OC)c1)C(=O)COc1ccc(F)cc1. The van der Waals surface area contributed by atoms with Crippen molar-refractivity contribution in [2.45, 2.75) is 39.8 Å². The molecule has 0 aliphatic rings. The molecule has 2 aromatic rings. The number of nitrogens with zero attached hydrogens (tertiary/aromatic N) is 1. The smallest absolute Gasteiger partial charge is 0.261 e. The molecule has 0 aromatic heterocycles. The number of hydrogen-bond acceptors (Lipinski definition) is 4. The fourth-order valence-corrected chi connectivity index (χ4v) is 3.07. The van der Waals surface area contributed by atoms with Gasteiger partial charge in [-0.1, -0.05) is 32.9 Å². The second-order valence-electron chi connectivity index (χ2n) is 7.68. The fraction of sp³-hybridized carbons (Fsp3) is 0.417. The van der Waals surface area contributed by atoms with E-state index in [0.29, 0.717) is 30.4 Å². The van der Waals surface area contributed by atoms with Crippen molar-refractivity contribution in [3.8, 4) is 11.5 Å². The molecule has 2 aromatic carbocycles. The van der Waals surface area contributed by atoms with Crippen LogP contribution in [0.2, 0.25) is 0 Å². The molecule has 2 amide bonds. The van der Waals surface area contributed by atoms with Gasteiger partial charge in [-0.05, 0) is 54.3 Å². The summed E-state index contributed by atoms with van der Waals surface area (Å²) in [7, 11) is 1.58. The molecule has 1 N–H and O–H groups in total. The van der Waals surface area contributed by atoms with Gasteiger partial charge in [0.1, 0.15) is 23.4 Å². The van der Waals surface area contributed by atoms with Crippen molar-refractivity contribution >= 4 is 11.8 Å². The van der Waals surface area contributed by atoms with Gasteiger partial charge in [0.2, 0.25) is 5.91 Å². The lowest BCUT2D eigenvalue weighted by atomic mass is 10.1. The second-order valence-corrected chi connectivity index (χ2v) is 7.68. The van der Waals surface area contributed by atoms with Crippen LogP contribution in [0.25, 0.3) is 0 Å². The number of nitrogens with one attached hydrogen (secondary N) is 1. The molecule has 168 valence electrons. The average molecular weight is 431 g/mol. The molecule has 6 nitrogen and oxygen atoms in total. The van der Waals surface area contributed by atoms with Crippen molar-refractivity contribution < 1.29 is 23.5 Å². The molecule has 0 saturated carbocycles. The van der Waals surface area contributed by atoms with Crippen LogP contribution in [-0.4, -0.2) is 43.0 Å². The lowest BCUT2D eigenvalue weighted by molar-refractivity contribution is -0.143. The highest BCUT2D eigenvalue weighted by Crippen LogP contribution is 2.18. The van der Waals surface area contributed by atoms with Gasteiger partial charge in [-0.3, -0.25) is 9.59 Å². The number of ether oxygens (including phenoxy) is 2. The van der Waals surface area contributed by atoms with Crippen LogP contribution < -0.4 is 14.8 Å². The zero-order chi connectivity index (χ0) is 22.8. The number of methoxy groups -OCH3 is 1. The van der Waals surface area contributed by atoms with Crippen LogP contribution in [0.3, 0.4) is 0 Å². The summed E-state index contributed by atoms with van der Waals surface area (Å²) in [5.41, 5.74) is 0.838. The first-order valence-corrected chi connectivity index (χ1v) is 10.4. The molecule has 0 bridgehead atoms. The van der Waals surface area contributed by atoms with Gasteiger partial charge in [0.25, 0.3) is 5.91 Å². The molecule has 0 unspecified atom stereocenters. The summed E-state index contributed by atoms with van der Waals surface area (Å²) in [6.45, 7) is 6.39.